The Bertz CT molecular complexity index is 1900. The second-order valence-corrected chi connectivity index (χ2v) is 32.8. The van der Waals surface area contributed by atoms with Gasteiger partial charge in [-0.25, -0.2) is 9.13 Å². The van der Waals surface area contributed by atoms with Gasteiger partial charge in [-0.2, -0.15) is 0 Å². The molecule has 0 spiro atoms. The van der Waals surface area contributed by atoms with Crippen LogP contribution in [0.2, 0.25) is 0 Å². The van der Waals surface area contributed by atoms with Gasteiger partial charge >= 0.3 is 39.5 Å². The molecule has 0 rings (SSSR count). The number of carbonyl (C=O) groups is 4. The largest absolute Gasteiger partial charge is 0.472 e. The summed E-state index contributed by atoms with van der Waals surface area (Å²) in [4.78, 5) is 73.0. The summed E-state index contributed by atoms with van der Waals surface area (Å²) >= 11 is 0. The lowest BCUT2D eigenvalue weighted by molar-refractivity contribution is -0.161. The van der Waals surface area contributed by atoms with Crippen LogP contribution in [0.15, 0.2) is 0 Å². The molecule has 0 aromatic heterocycles. The Morgan fingerprint density at radius 3 is 0.694 bits per heavy atom. The van der Waals surface area contributed by atoms with Gasteiger partial charge in [-0.05, 0) is 43.4 Å². The molecule has 0 bridgehead atoms. The van der Waals surface area contributed by atoms with Crippen molar-refractivity contribution >= 4 is 39.5 Å². The molecule has 0 aliphatic rings. The number of carbonyl (C=O) groups excluding carboxylic acids is 4. The van der Waals surface area contributed by atoms with Crippen molar-refractivity contribution in [2.75, 3.05) is 39.6 Å². The molecular formula is C79H154O17P2. The fourth-order valence-electron chi connectivity index (χ4n) is 12.1. The van der Waals surface area contributed by atoms with Crippen LogP contribution in [0.3, 0.4) is 0 Å². The first-order valence-electron chi connectivity index (χ1n) is 40.8. The SMILES string of the molecule is CCCCCCCCCCCCCCC(=O)OC[C@H](COP(=O)(O)OC[C@H](O)COP(=O)(O)OC[C@@H](COC(=O)CCCCCCCCCCCCCCC(C)C)OC(=O)CCCCCCCCCCCCCCCCC(C)C)OC(=O)CCCCCCCCCCCCCC(C)C. The van der Waals surface area contributed by atoms with E-state index >= 15 is 0 Å². The second-order valence-electron chi connectivity index (χ2n) is 29.9. The first-order valence-corrected chi connectivity index (χ1v) is 43.8. The summed E-state index contributed by atoms with van der Waals surface area (Å²) in [7, 11) is -9.92. The summed E-state index contributed by atoms with van der Waals surface area (Å²) in [6.45, 7) is 12.0. The van der Waals surface area contributed by atoms with Gasteiger partial charge in [0.1, 0.15) is 19.3 Å². The number of ether oxygens (including phenoxy) is 4. The van der Waals surface area contributed by atoms with E-state index in [0.717, 1.165) is 108 Å². The highest BCUT2D eigenvalue weighted by molar-refractivity contribution is 7.47. The van der Waals surface area contributed by atoms with E-state index < -0.39 is 97.5 Å². The zero-order chi connectivity index (χ0) is 72.3. The topological polar surface area (TPSA) is 237 Å². The van der Waals surface area contributed by atoms with E-state index in [2.05, 4.69) is 48.5 Å². The number of unbranched alkanes of at least 4 members (excludes halogenated alkanes) is 45. The fourth-order valence-corrected chi connectivity index (χ4v) is 13.7. The van der Waals surface area contributed by atoms with E-state index in [4.69, 9.17) is 37.0 Å². The lowest BCUT2D eigenvalue weighted by Gasteiger charge is -2.21. The molecule has 0 aromatic carbocycles. The second kappa shape index (κ2) is 69.4. The minimum atomic E-state index is -4.96. The lowest BCUT2D eigenvalue weighted by atomic mass is 10.0. The first kappa shape index (κ1) is 96.1. The van der Waals surface area contributed by atoms with Crippen molar-refractivity contribution in [2.45, 2.75) is 426 Å². The normalized spacial score (nSPS) is 14.0. The maximum Gasteiger partial charge on any atom is 0.472 e. The Morgan fingerprint density at radius 2 is 0.469 bits per heavy atom. The third-order valence-corrected chi connectivity index (χ3v) is 20.3. The zero-order valence-electron chi connectivity index (χ0n) is 64.3. The van der Waals surface area contributed by atoms with Crippen LogP contribution >= 0.6 is 15.6 Å². The molecule has 19 heteroatoms. The van der Waals surface area contributed by atoms with Gasteiger partial charge in [0.15, 0.2) is 12.2 Å². The van der Waals surface area contributed by atoms with E-state index in [0.29, 0.717) is 25.7 Å². The number of esters is 4. The van der Waals surface area contributed by atoms with Crippen LogP contribution in [0, 0.1) is 17.8 Å². The molecule has 0 radical (unpaired) electrons. The molecule has 0 aliphatic carbocycles. The van der Waals surface area contributed by atoms with Gasteiger partial charge in [-0.15, -0.1) is 0 Å². The molecule has 0 saturated heterocycles. The quantitative estimate of drug-likeness (QED) is 0.0222. The highest BCUT2D eigenvalue weighted by atomic mass is 31.2. The summed E-state index contributed by atoms with van der Waals surface area (Å²) in [5.74, 6) is 0.231. The highest BCUT2D eigenvalue weighted by Gasteiger charge is 2.30. The van der Waals surface area contributed by atoms with Gasteiger partial charge in [-0.3, -0.25) is 37.3 Å². The van der Waals surface area contributed by atoms with Crippen molar-refractivity contribution in [1.29, 1.82) is 0 Å². The van der Waals surface area contributed by atoms with Gasteiger partial charge in [0.05, 0.1) is 26.4 Å². The van der Waals surface area contributed by atoms with Crippen molar-refractivity contribution in [3.8, 4) is 0 Å². The predicted octanol–water partition coefficient (Wildman–Crippen LogP) is 23.4. The molecule has 0 aromatic rings. The van der Waals surface area contributed by atoms with E-state index in [1.165, 1.54) is 218 Å². The van der Waals surface area contributed by atoms with Crippen LogP contribution in [-0.4, -0.2) is 96.7 Å². The smallest absolute Gasteiger partial charge is 0.462 e. The Hall–Kier alpha value is -1.94. The average molecular weight is 1440 g/mol. The lowest BCUT2D eigenvalue weighted by Crippen LogP contribution is -2.30. The van der Waals surface area contributed by atoms with Gasteiger partial charge in [0, 0.05) is 25.7 Å². The Kier molecular flexibility index (Phi) is 68.1. The number of phosphoric acid groups is 2. The van der Waals surface area contributed by atoms with E-state index in [-0.39, 0.29) is 25.7 Å². The molecule has 5 atom stereocenters. The average Bonchev–Trinajstić information content (AvgIpc) is 1.01. The van der Waals surface area contributed by atoms with Crippen LogP contribution in [-0.2, 0) is 65.4 Å². The first-order chi connectivity index (χ1) is 47.2. The molecule has 98 heavy (non-hydrogen) atoms. The summed E-state index contributed by atoms with van der Waals surface area (Å²) in [5, 5.41) is 10.6. The number of hydrogen-bond acceptors (Lipinski definition) is 15. The fraction of sp³-hybridized carbons (Fsp3) is 0.949. The van der Waals surface area contributed by atoms with Crippen molar-refractivity contribution in [3.63, 3.8) is 0 Å². The maximum absolute atomic E-state index is 13.1. The Labute approximate surface area is 600 Å². The minimum Gasteiger partial charge on any atom is -0.462 e. The molecular weight excluding hydrogens is 1280 g/mol. The van der Waals surface area contributed by atoms with E-state index in [1.807, 2.05) is 0 Å². The van der Waals surface area contributed by atoms with Crippen molar-refractivity contribution in [2.24, 2.45) is 17.8 Å². The van der Waals surface area contributed by atoms with E-state index in [9.17, 15) is 43.2 Å². The van der Waals surface area contributed by atoms with Crippen LogP contribution < -0.4 is 0 Å². The highest BCUT2D eigenvalue weighted by Crippen LogP contribution is 2.45. The van der Waals surface area contributed by atoms with E-state index in [1.54, 1.807) is 0 Å². The van der Waals surface area contributed by atoms with Crippen LogP contribution in [0.5, 0.6) is 0 Å². The molecule has 0 amide bonds. The van der Waals surface area contributed by atoms with Crippen molar-refractivity contribution in [1.82, 2.24) is 0 Å². The van der Waals surface area contributed by atoms with Gasteiger partial charge in [-0.1, -0.05) is 357 Å². The predicted molar refractivity (Wildman–Crippen MR) is 400 cm³/mol. The third kappa shape index (κ3) is 72.4. The minimum absolute atomic E-state index is 0.107. The number of rotatable bonds is 77. The van der Waals surface area contributed by atoms with Crippen LogP contribution in [0.4, 0.5) is 0 Å². The number of hydrogen-bond donors (Lipinski definition) is 3. The standard InChI is InChI=1S/C79H154O17P2/c1-8-9-10-11-12-13-14-25-32-39-46-53-60-76(81)89-66-75(96-79(84)63-56-49-42-35-28-21-24-31-38-45-52-59-72(6)7)69-94-98(87,88)92-65-73(80)64-91-97(85,86)93-68-74(67-90-77(82)61-54-47-40-33-26-20-19-23-30-37-44-51-58-71(4)5)95-78(83)62-55-48-41-34-27-18-16-15-17-22-29-36-43-50-57-70(2)3/h70-75,80H,8-69H2,1-7H3,(H,85,86)(H,87,88)/t73-,74-,75-/m1/s1. The number of phosphoric ester groups is 2. The molecule has 0 saturated carbocycles. The summed E-state index contributed by atoms with van der Waals surface area (Å²) in [5.41, 5.74) is 0. The Balaban J connectivity index is 5.27. The zero-order valence-corrected chi connectivity index (χ0v) is 66.0. The van der Waals surface area contributed by atoms with Crippen molar-refractivity contribution in [3.05, 3.63) is 0 Å². The molecule has 0 fully saturated rings. The Morgan fingerprint density at radius 1 is 0.276 bits per heavy atom. The molecule has 582 valence electrons. The monoisotopic (exact) mass is 1440 g/mol. The van der Waals surface area contributed by atoms with Gasteiger partial charge in [0.2, 0.25) is 0 Å². The van der Waals surface area contributed by atoms with Crippen LogP contribution in [0.1, 0.15) is 408 Å². The number of aliphatic hydroxyl groups is 1. The molecule has 0 aliphatic heterocycles. The summed E-state index contributed by atoms with van der Waals surface area (Å²) in [6, 6.07) is 0. The molecule has 2 unspecified atom stereocenters. The number of aliphatic hydroxyl groups excluding tert-OH is 1. The molecule has 3 N–H and O–H groups in total. The summed E-state index contributed by atoms with van der Waals surface area (Å²) in [6.07, 6.45) is 56.7. The molecule has 17 nitrogen and oxygen atoms in total. The van der Waals surface area contributed by atoms with Gasteiger partial charge < -0.3 is 33.8 Å². The summed E-state index contributed by atoms with van der Waals surface area (Å²) < 4.78 is 68.7. The maximum atomic E-state index is 13.1. The van der Waals surface area contributed by atoms with Crippen LogP contribution in [0.25, 0.3) is 0 Å². The third-order valence-electron chi connectivity index (χ3n) is 18.4. The van der Waals surface area contributed by atoms with Gasteiger partial charge in [0.25, 0.3) is 0 Å². The molecule has 0 heterocycles. The van der Waals surface area contributed by atoms with Crippen molar-refractivity contribution < 1.29 is 80.2 Å².